The van der Waals surface area contributed by atoms with Crippen LogP contribution >= 0.6 is 0 Å². The number of aryl methyl sites for hydroxylation is 1. The Morgan fingerprint density at radius 2 is 1.92 bits per heavy atom. The maximum atomic E-state index is 12.8. The van der Waals surface area contributed by atoms with Gasteiger partial charge in [-0.15, -0.1) is 6.58 Å². The van der Waals surface area contributed by atoms with Crippen LogP contribution in [0.3, 0.4) is 0 Å². The Labute approximate surface area is 154 Å². The number of carboxylic acid groups (broad SMARTS) is 1. The zero-order chi connectivity index (χ0) is 19.9. The number of allylic oxidation sites excluding steroid dienone is 1. The smallest absolute Gasteiger partial charge is 0.326 e. The summed E-state index contributed by atoms with van der Waals surface area (Å²) in [7, 11) is -3.72. The fraction of sp³-hybridized carbons (Fsp3) is 0.444. The van der Waals surface area contributed by atoms with Crippen LogP contribution in [0.2, 0.25) is 0 Å². The molecule has 1 aromatic carbocycles. The van der Waals surface area contributed by atoms with E-state index in [0.29, 0.717) is 25.1 Å². The molecule has 0 saturated carbocycles. The third kappa shape index (κ3) is 5.15. The van der Waals surface area contributed by atoms with E-state index < -0.39 is 27.9 Å². The Balaban J connectivity index is 3.18. The molecule has 0 bridgehead atoms. The molecule has 0 radical (unpaired) electrons. The van der Waals surface area contributed by atoms with Crippen LogP contribution in [0.5, 0.6) is 0 Å². The predicted molar refractivity (Wildman–Crippen MR) is 99.6 cm³/mol. The van der Waals surface area contributed by atoms with Crippen LogP contribution < -0.4 is 5.32 Å². The van der Waals surface area contributed by atoms with Gasteiger partial charge in [-0.25, -0.2) is 13.2 Å². The van der Waals surface area contributed by atoms with Crippen LogP contribution in [0, 0.1) is 6.92 Å². The van der Waals surface area contributed by atoms with Crippen LogP contribution in [-0.2, 0) is 14.8 Å². The van der Waals surface area contributed by atoms with Gasteiger partial charge in [0.05, 0.1) is 4.90 Å². The minimum atomic E-state index is -3.72. The average Bonchev–Trinajstić information content (AvgIpc) is 2.59. The quantitative estimate of drug-likeness (QED) is 0.604. The van der Waals surface area contributed by atoms with Crippen LogP contribution in [0.1, 0.15) is 42.6 Å². The number of rotatable bonds is 10. The largest absolute Gasteiger partial charge is 0.480 e. The van der Waals surface area contributed by atoms with Gasteiger partial charge in [-0.1, -0.05) is 26.0 Å². The zero-order valence-corrected chi connectivity index (χ0v) is 16.2. The SMILES string of the molecule is C=CCCC(NC(=O)c1ccc(C)c(S(=O)(=O)N(CC)CC)c1)C(=O)O. The van der Waals surface area contributed by atoms with E-state index in [0.717, 1.165) is 0 Å². The number of aliphatic carboxylic acids is 1. The van der Waals surface area contributed by atoms with Crippen molar-refractivity contribution in [2.45, 2.75) is 44.6 Å². The summed E-state index contributed by atoms with van der Waals surface area (Å²) in [6, 6.07) is 3.26. The lowest BCUT2D eigenvalue weighted by molar-refractivity contribution is -0.139. The van der Waals surface area contributed by atoms with Crippen LogP contribution in [0.25, 0.3) is 0 Å². The third-order valence-electron chi connectivity index (χ3n) is 4.04. The van der Waals surface area contributed by atoms with Gasteiger partial charge in [0.15, 0.2) is 0 Å². The molecule has 0 spiro atoms. The molecule has 1 rings (SSSR count). The first-order valence-corrected chi connectivity index (χ1v) is 9.88. The number of carboxylic acids is 1. The highest BCUT2D eigenvalue weighted by Gasteiger charge is 2.26. The molecule has 0 aliphatic rings. The number of sulfonamides is 1. The van der Waals surface area contributed by atoms with Crippen molar-refractivity contribution >= 4 is 21.9 Å². The van der Waals surface area contributed by atoms with Gasteiger partial charge in [-0.3, -0.25) is 4.79 Å². The van der Waals surface area contributed by atoms with Crippen LogP contribution in [-0.4, -0.2) is 48.8 Å². The lowest BCUT2D eigenvalue weighted by Gasteiger charge is -2.20. The molecule has 0 fully saturated rings. The molecule has 8 heteroatoms. The number of nitrogens with one attached hydrogen (secondary N) is 1. The Morgan fingerprint density at radius 3 is 2.42 bits per heavy atom. The van der Waals surface area contributed by atoms with E-state index in [-0.39, 0.29) is 16.9 Å². The summed E-state index contributed by atoms with van der Waals surface area (Å²) in [5.74, 6) is -1.78. The van der Waals surface area contributed by atoms with Crippen molar-refractivity contribution in [2.75, 3.05) is 13.1 Å². The minimum Gasteiger partial charge on any atom is -0.480 e. The number of nitrogens with zero attached hydrogens (tertiary/aromatic N) is 1. The zero-order valence-electron chi connectivity index (χ0n) is 15.4. The summed E-state index contributed by atoms with van der Waals surface area (Å²) in [5.41, 5.74) is 0.626. The molecule has 1 amide bonds. The summed E-state index contributed by atoms with van der Waals surface area (Å²) < 4.78 is 26.8. The molecule has 0 aliphatic heterocycles. The molecule has 144 valence electrons. The molecule has 2 N–H and O–H groups in total. The van der Waals surface area contributed by atoms with Gasteiger partial charge < -0.3 is 10.4 Å². The Morgan fingerprint density at radius 1 is 1.31 bits per heavy atom. The summed E-state index contributed by atoms with van der Waals surface area (Å²) in [6.45, 7) is 9.30. The monoisotopic (exact) mass is 382 g/mol. The van der Waals surface area contributed by atoms with E-state index in [9.17, 15) is 23.1 Å². The molecular formula is C18H26N2O5S. The van der Waals surface area contributed by atoms with Gasteiger partial charge >= 0.3 is 5.97 Å². The highest BCUT2D eigenvalue weighted by Crippen LogP contribution is 2.21. The lowest BCUT2D eigenvalue weighted by Crippen LogP contribution is -2.40. The number of hydrogen-bond acceptors (Lipinski definition) is 4. The van der Waals surface area contributed by atoms with Crippen molar-refractivity contribution in [3.63, 3.8) is 0 Å². The predicted octanol–water partition coefficient (Wildman–Crippen LogP) is 2.17. The second-order valence-electron chi connectivity index (χ2n) is 5.80. The van der Waals surface area contributed by atoms with Crippen molar-refractivity contribution < 1.29 is 23.1 Å². The van der Waals surface area contributed by atoms with Crippen LogP contribution in [0.15, 0.2) is 35.7 Å². The van der Waals surface area contributed by atoms with Gasteiger partial charge in [0.1, 0.15) is 6.04 Å². The van der Waals surface area contributed by atoms with Crippen molar-refractivity contribution in [1.29, 1.82) is 0 Å². The maximum absolute atomic E-state index is 12.8. The summed E-state index contributed by atoms with van der Waals surface area (Å²) in [5, 5.41) is 11.6. The van der Waals surface area contributed by atoms with E-state index in [1.54, 1.807) is 32.9 Å². The maximum Gasteiger partial charge on any atom is 0.326 e. The topological polar surface area (TPSA) is 104 Å². The lowest BCUT2D eigenvalue weighted by atomic mass is 10.1. The van der Waals surface area contributed by atoms with E-state index >= 15 is 0 Å². The molecule has 1 atom stereocenters. The van der Waals surface area contributed by atoms with E-state index in [4.69, 9.17) is 0 Å². The van der Waals surface area contributed by atoms with E-state index in [2.05, 4.69) is 11.9 Å². The second kappa shape index (κ2) is 9.49. The molecule has 0 aromatic heterocycles. The number of hydrogen-bond donors (Lipinski definition) is 2. The fourth-order valence-electron chi connectivity index (χ4n) is 2.51. The normalized spacial score (nSPS) is 12.6. The number of carbonyl (C=O) groups is 2. The van der Waals surface area contributed by atoms with Gasteiger partial charge in [-0.05, 0) is 37.5 Å². The number of carbonyl (C=O) groups excluding carboxylic acids is 1. The van der Waals surface area contributed by atoms with Gasteiger partial charge in [0, 0.05) is 18.7 Å². The average molecular weight is 382 g/mol. The van der Waals surface area contributed by atoms with Crippen molar-refractivity contribution in [3.05, 3.63) is 42.0 Å². The molecule has 0 heterocycles. The number of benzene rings is 1. The Hall–Kier alpha value is -2.19. The molecule has 26 heavy (non-hydrogen) atoms. The van der Waals surface area contributed by atoms with Crippen molar-refractivity contribution in [1.82, 2.24) is 9.62 Å². The summed E-state index contributed by atoms with van der Waals surface area (Å²) >= 11 is 0. The van der Waals surface area contributed by atoms with Gasteiger partial charge in [-0.2, -0.15) is 4.31 Å². The molecule has 7 nitrogen and oxygen atoms in total. The van der Waals surface area contributed by atoms with Crippen molar-refractivity contribution in [3.8, 4) is 0 Å². The van der Waals surface area contributed by atoms with Gasteiger partial charge in [0.2, 0.25) is 10.0 Å². The summed E-state index contributed by atoms with van der Waals surface area (Å²) in [4.78, 5) is 23.7. The minimum absolute atomic E-state index is 0.0480. The third-order valence-corrected chi connectivity index (χ3v) is 6.23. The first-order valence-electron chi connectivity index (χ1n) is 8.44. The first-order chi connectivity index (χ1) is 12.2. The standard InChI is InChI=1S/C18H26N2O5S/c1-5-8-9-15(18(22)23)19-17(21)14-11-10-13(4)16(12-14)26(24,25)20(6-2)7-3/h5,10-12,15H,1,6-9H2,2-4H3,(H,19,21)(H,22,23). The Kier molecular flexibility index (Phi) is 7.98. The Bertz CT molecular complexity index is 770. The molecular weight excluding hydrogens is 356 g/mol. The van der Waals surface area contributed by atoms with Gasteiger partial charge in [0.25, 0.3) is 5.91 Å². The molecule has 0 aliphatic carbocycles. The molecule has 1 unspecified atom stereocenters. The first kappa shape index (κ1) is 21.9. The summed E-state index contributed by atoms with van der Waals surface area (Å²) in [6.07, 6.45) is 2.22. The van der Waals surface area contributed by atoms with Crippen molar-refractivity contribution in [2.24, 2.45) is 0 Å². The highest BCUT2D eigenvalue weighted by atomic mass is 32.2. The second-order valence-corrected chi connectivity index (χ2v) is 7.71. The van der Waals surface area contributed by atoms with E-state index in [1.807, 2.05) is 0 Å². The molecule has 0 saturated heterocycles. The fourth-order valence-corrected chi connectivity index (χ4v) is 4.21. The van der Waals surface area contributed by atoms with E-state index in [1.165, 1.54) is 16.4 Å². The molecule has 1 aromatic rings. The number of amides is 1. The highest BCUT2D eigenvalue weighted by molar-refractivity contribution is 7.89. The van der Waals surface area contributed by atoms with Crippen LogP contribution in [0.4, 0.5) is 0 Å².